The fourth-order valence-corrected chi connectivity index (χ4v) is 3.64. The van der Waals surface area contributed by atoms with Crippen LogP contribution in [0.1, 0.15) is 42.6 Å². The van der Waals surface area contributed by atoms with Crippen LogP contribution in [0.15, 0.2) is 42.5 Å². The number of benzene rings is 1. The molecule has 1 aromatic carbocycles. The molecule has 0 unspecified atom stereocenters. The van der Waals surface area contributed by atoms with Crippen LogP contribution in [0, 0.1) is 6.92 Å². The molecule has 2 N–H and O–H groups in total. The molecule has 0 radical (unpaired) electrons. The van der Waals surface area contributed by atoms with E-state index in [1.54, 1.807) is 0 Å². The van der Waals surface area contributed by atoms with Gasteiger partial charge in [0.15, 0.2) is 5.65 Å². The number of carboxylic acid groups (broad SMARTS) is 1. The largest absolute Gasteiger partial charge is 0.490 e. The topological polar surface area (TPSA) is 102 Å². The van der Waals surface area contributed by atoms with Gasteiger partial charge in [0.05, 0.1) is 11.0 Å². The Kier molecular flexibility index (Phi) is 7.11. The number of nitrogens with zero attached hydrogens (tertiary/aromatic N) is 4. The van der Waals surface area contributed by atoms with Crippen LogP contribution in [0.3, 0.4) is 0 Å². The first-order valence-electron chi connectivity index (χ1n) is 10.4. The van der Waals surface area contributed by atoms with Crippen LogP contribution >= 0.6 is 11.6 Å². The zero-order valence-corrected chi connectivity index (χ0v) is 20.1. The minimum absolute atomic E-state index is 0.121. The smallest absolute Gasteiger partial charge is 0.475 e. The van der Waals surface area contributed by atoms with E-state index in [0.29, 0.717) is 17.3 Å². The maximum absolute atomic E-state index is 13.1. The van der Waals surface area contributed by atoms with Gasteiger partial charge in [0.1, 0.15) is 11.5 Å². The van der Waals surface area contributed by atoms with Crippen molar-refractivity contribution in [1.29, 1.82) is 0 Å². The summed E-state index contributed by atoms with van der Waals surface area (Å²) in [5, 5.41) is 19.2. The number of carboxylic acids is 1. The molecule has 0 aliphatic heterocycles. The van der Waals surface area contributed by atoms with Gasteiger partial charge in [-0.25, -0.2) is 4.79 Å². The molecular formula is C23H23ClF3N5O3. The van der Waals surface area contributed by atoms with Gasteiger partial charge in [0.25, 0.3) is 5.91 Å². The van der Waals surface area contributed by atoms with Crippen molar-refractivity contribution in [3.05, 3.63) is 64.6 Å². The second-order valence-electron chi connectivity index (χ2n) is 8.80. The third kappa shape index (κ3) is 6.10. The summed E-state index contributed by atoms with van der Waals surface area (Å²) in [7, 11) is 0. The Morgan fingerprint density at radius 1 is 1.06 bits per heavy atom. The molecule has 35 heavy (non-hydrogen) atoms. The highest BCUT2D eigenvalue weighted by Gasteiger charge is 2.38. The number of aliphatic carboxylic acids is 1. The fraction of sp³-hybridized carbons (Fsp3) is 0.304. The molecule has 3 heterocycles. The lowest BCUT2D eigenvalue weighted by Crippen LogP contribution is -2.41. The maximum atomic E-state index is 13.1. The Morgan fingerprint density at radius 2 is 1.71 bits per heavy atom. The molecule has 0 spiro atoms. The first kappa shape index (κ1) is 26.0. The third-order valence-corrected chi connectivity index (χ3v) is 5.03. The number of amides is 1. The van der Waals surface area contributed by atoms with Crippen molar-refractivity contribution in [3.8, 4) is 0 Å². The summed E-state index contributed by atoms with van der Waals surface area (Å²) >= 11 is 6.17. The maximum Gasteiger partial charge on any atom is 0.490 e. The van der Waals surface area contributed by atoms with Gasteiger partial charge in [0.2, 0.25) is 0 Å². The second kappa shape index (κ2) is 9.57. The average Bonchev–Trinajstić information content (AvgIpc) is 3.27. The summed E-state index contributed by atoms with van der Waals surface area (Å²) in [6.07, 6.45) is -5.08. The lowest BCUT2D eigenvalue weighted by Gasteiger charge is -2.21. The molecular weight excluding hydrogens is 487 g/mol. The lowest BCUT2D eigenvalue weighted by molar-refractivity contribution is -0.192. The van der Waals surface area contributed by atoms with Gasteiger partial charge in [-0.05, 0) is 63.6 Å². The van der Waals surface area contributed by atoms with Crippen molar-refractivity contribution >= 4 is 40.2 Å². The van der Waals surface area contributed by atoms with E-state index in [9.17, 15) is 18.0 Å². The van der Waals surface area contributed by atoms with E-state index in [2.05, 4.69) is 15.5 Å². The van der Waals surface area contributed by atoms with Gasteiger partial charge in [-0.15, -0.1) is 10.2 Å². The normalized spacial score (nSPS) is 11.9. The van der Waals surface area contributed by atoms with Gasteiger partial charge < -0.3 is 15.0 Å². The van der Waals surface area contributed by atoms with Gasteiger partial charge in [-0.1, -0.05) is 23.7 Å². The molecule has 0 aliphatic carbocycles. The second-order valence-corrected chi connectivity index (χ2v) is 9.23. The first-order chi connectivity index (χ1) is 16.2. The fourth-order valence-electron chi connectivity index (χ4n) is 3.42. The molecule has 0 fully saturated rings. The number of hydrogen-bond acceptors (Lipinski definition) is 4. The summed E-state index contributed by atoms with van der Waals surface area (Å²) in [4.78, 5) is 22.0. The van der Waals surface area contributed by atoms with Gasteiger partial charge in [0, 0.05) is 17.1 Å². The molecule has 8 nitrogen and oxygen atoms in total. The van der Waals surface area contributed by atoms with Crippen LogP contribution in [-0.2, 0) is 11.3 Å². The summed E-state index contributed by atoms with van der Waals surface area (Å²) in [6, 6.07) is 13.5. The van der Waals surface area contributed by atoms with Crippen LogP contribution in [0.4, 0.5) is 13.2 Å². The SMILES string of the molecule is Cc1nnc2ccc3c(cc(C(=O)NC(C)(C)C)n3Cc3cccc(Cl)c3)n12.O=C(O)C(F)(F)F. The summed E-state index contributed by atoms with van der Waals surface area (Å²) in [6.45, 7) is 8.34. The van der Waals surface area contributed by atoms with E-state index in [4.69, 9.17) is 21.5 Å². The van der Waals surface area contributed by atoms with Crippen molar-refractivity contribution in [1.82, 2.24) is 24.5 Å². The molecule has 0 saturated carbocycles. The predicted molar refractivity (Wildman–Crippen MR) is 125 cm³/mol. The van der Waals surface area contributed by atoms with Crippen molar-refractivity contribution in [2.45, 2.75) is 46.0 Å². The van der Waals surface area contributed by atoms with Gasteiger partial charge >= 0.3 is 12.1 Å². The van der Waals surface area contributed by atoms with Crippen LogP contribution < -0.4 is 5.32 Å². The first-order valence-corrected chi connectivity index (χ1v) is 10.8. The molecule has 0 atom stereocenters. The number of fused-ring (bicyclic) bond motifs is 3. The van der Waals surface area contributed by atoms with E-state index in [0.717, 1.165) is 28.1 Å². The Bertz CT molecular complexity index is 1400. The quantitative estimate of drug-likeness (QED) is 0.411. The van der Waals surface area contributed by atoms with E-state index in [1.165, 1.54) is 0 Å². The Morgan fingerprint density at radius 3 is 2.29 bits per heavy atom. The van der Waals surface area contributed by atoms with E-state index in [1.807, 2.05) is 79.1 Å². The molecule has 12 heteroatoms. The molecule has 4 rings (SSSR count). The average molecular weight is 510 g/mol. The Balaban J connectivity index is 0.000000429. The van der Waals surface area contributed by atoms with Crippen molar-refractivity contribution in [2.24, 2.45) is 0 Å². The number of alkyl halides is 3. The van der Waals surface area contributed by atoms with E-state index < -0.39 is 12.1 Å². The number of nitrogens with one attached hydrogen (secondary N) is 1. The monoisotopic (exact) mass is 509 g/mol. The standard InChI is InChI=1S/C21H22ClN5O.C2HF3O2/c1-13-24-25-19-9-8-16-17(27(13)19)11-18(20(28)23-21(2,3)4)26(16)12-14-6-5-7-15(22)10-14;3-2(4,5)1(6)7/h5-11H,12H2,1-4H3,(H,23,28);(H,6,7). The van der Waals surface area contributed by atoms with Gasteiger partial charge in [-0.2, -0.15) is 13.2 Å². The van der Waals surface area contributed by atoms with E-state index >= 15 is 0 Å². The predicted octanol–water partition coefficient (Wildman–Crippen LogP) is 4.86. The molecule has 0 bridgehead atoms. The number of aromatic nitrogens is 4. The molecule has 0 aliphatic rings. The Hall–Kier alpha value is -3.60. The minimum Gasteiger partial charge on any atom is -0.475 e. The van der Waals surface area contributed by atoms with Gasteiger partial charge in [-0.3, -0.25) is 9.20 Å². The summed E-state index contributed by atoms with van der Waals surface area (Å²) < 4.78 is 35.7. The third-order valence-electron chi connectivity index (χ3n) is 4.79. The number of pyridine rings is 1. The zero-order valence-electron chi connectivity index (χ0n) is 19.3. The minimum atomic E-state index is -5.08. The molecule has 4 aromatic rings. The zero-order chi connectivity index (χ0) is 26.1. The number of carbonyl (C=O) groups is 2. The van der Waals surface area contributed by atoms with Crippen molar-refractivity contribution in [3.63, 3.8) is 0 Å². The molecule has 186 valence electrons. The number of hydrogen-bond donors (Lipinski definition) is 2. The lowest BCUT2D eigenvalue weighted by atomic mass is 10.1. The molecule has 3 aromatic heterocycles. The molecule has 0 saturated heterocycles. The van der Waals surface area contributed by atoms with Crippen LogP contribution in [0.25, 0.3) is 16.7 Å². The highest BCUT2D eigenvalue weighted by Crippen LogP contribution is 2.25. The van der Waals surface area contributed by atoms with Crippen molar-refractivity contribution < 1.29 is 27.9 Å². The number of halogens is 4. The van der Waals surface area contributed by atoms with Crippen molar-refractivity contribution in [2.75, 3.05) is 0 Å². The van der Waals surface area contributed by atoms with Crippen LogP contribution in [0.2, 0.25) is 5.02 Å². The molecule has 1 amide bonds. The van der Waals surface area contributed by atoms with E-state index in [-0.39, 0.29) is 11.4 Å². The van der Waals surface area contributed by atoms with Crippen LogP contribution in [0.5, 0.6) is 0 Å². The number of carbonyl (C=O) groups excluding carboxylic acids is 1. The van der Waals surface area contributed by atoms with Crippen LogP contribution in [-0.4, -0.2) is 47.9 Å². The Labute approximate surface area is 203 Å². The summed E-state index contributed by atoms with van der Waals surface area (Å²) in [5.74, 6) is -2.10. The number of aryl methyl sites for hydroxylation is 1. The highest BCUT2D eigenvalue weighted by atomic mass is 35.5. The summed E-state index contributed by atoms with van der Waals surface area (Å²) in [5.41, 5.74) is 3.88. The number of rotatable bonds is 3. The highest BCUT2D eigenvalue weighted by molar-refractivity contribution is 6.30.